The zero-order chi connectivity index (χ0) is 58.6. The lowest BCUT2D eigenvalue weighted by atomic mass is 10.1. The average molecular weight is 1130 g/mol. The highest BCUT2D eigenvalue weighted by Crippen LogP contribution is 2.38. The molecule has 3 unspecified atom stereocenters. The van der Waals surface area contributed by atoms with Gasteiger partial charge in [-0.15, -0.1) is 0 Å². The van der Waals surface area contributed by atoms with Crippen LogP contribution in [-0.2, 0) is 27.9 Å². The molecule has 10 heteroatoms. The molecule has 1 amide bonds. The van der Waals surface area contributed by atoms with Gasteiger partial charge in [-0.25, -0.2) is 0 Å². The fourth-order valence-electron chi connectivity index (χ4n) is 8.21. The molecule has 0 fully saturated rings. The van der Waals surface area contributed by atoms with Crippen LogP contribution in [0.4, 0.5) is 0 Å². The van der Waals surface area contributed by atoms with Crippen LogP contribution in [0.15, 0.2) is 146 Å². The summed E-state index contributed by atoms with van der Waals surface area (Å²) in [5, 5.41) is 2.98. The number of likely N-dealkylation sites (N-methyl/N-ethyl adjacent to an activating group) is 1. The van der Waals surface area contributed by atoms with Crippen molar-refractivity contribution in [2.75, 3.05) is 40.9 Å². The lowest BCUT2D eigenvalue weighted by Crippen LogP contribution is -2.47. The van der Waals surface area contributed by atoms with E-state index in [1.54, 1.807) is 0 Å². The molecule has 0 aliphatic heterocycles. The summed E-state index contributed by atoms with van der Waals surface area (Å²) in [6.07, 6.45) is 84.0. The largest absolute Gasteiger partial charge is 0.756 e. The molecular formula is C70H117N2O7P. The number of nitrogens with zero attached hydrogens (tertiary/aromatic N) is 1. The number of quaternary nitrogens is 1. The van der Waals surface area contributed by atoms with Crippen molar-refractivity contribution in [1.29, 1.82) is 0 Å². The van der Waals surface area contributed by atoms with E-state index in [9.17, 15) is 19.0 Å². The van der Waals surface area contributed by atoms with Gasteiger partial charge in [-0.05, 0) is 122 Å². The summed E-state index contributed by atoms with van der Waals surface area (Å²) in [6, 6.07) is -0.936. The monoisotopic (exact) mass is 1130 g/mol. The second kappa shape index (κ2) is 58.1. The van der Waals surface area contributed by atoms with Gasteiger partial charge >= 0.3 is 5.97 Å². The summed E-state index contributed by atoms with van der Waals surface area (Å²) in [4.78, 5) is 40.0. The van der Waals surface area contributed by atoms with Gasteiger partial charge in [-0.2, -0.15) is 0 Å². The van der Waals surface area contributed by atoms with E-state index in [0.29, 0.717) is 23.9 Å². The Morgan fingerprint density at radius 3 is 1.23 bits per heavy atom. The fourth-order valence-corrected chi connectivity index (χ4v) is 8.93. The first-order valence-corrected chi connectivity index (χ1v) is 33.1. The smallest absolute Gasteiger partial charge is 0.306 e. The maximum atomic E-state index is 13.5. The van der Waals surface area contributed by atoms with Crippen molar-refractivity contribution < 1.29 is 37.3 Å². The van der Waals surface area contributed by atoms with E-state index in [1.807, 2.05) is 33.3 Å². The number of ether oxygens (including phenoxy) is 1. The standard InChI is InChI=1S/C70H117N2O7P/c1-7-10-13-16-19-22-25-28-30-32-33-34-35-36-37-38-39-41-43-45-48-51-54-57-60-63-70(74)79-68(61-58-55-52-49-46-27-24-21-18-15-12-9-3)67(66-78-80(75,76)77-65-64-72(4,5)6)71-69(73)62-59-56-53-50-47-44-42-40-31-29-26-23-20-17-14-11-8-2/h10-11,13-14,19-20,22-23,28-31,33-34,36-37,39,41-42,44,50,53,58,61,67-68H,7-9,12,15-18,21,24-27,32,35,38,40,43,45-49,51-52,54-57,59-60,62-66H2,1-6H3,(H-,71,73,75,76)/b13-10-,14-11-,22-19-,23-20-,30-28-,31-29-,34-33-,37-36-,41-39-,44-42-,53-50-,61-58-. The van der Waals surface area contributed by atoms with Crippen LogP contribution >= 0.6 is 7.82 Å². The number of hydrogen-bond acceptors (Lipinski definition) is 7. The lowest BCUT2D eigenvalue weighted by molar-refractivity contribution is -0.870. The first-order chi connectivity index (χ1) is 38.9. The molecule has 1 N–H and O–H groups in total. The fraction of sp³-hybridized carbons (Fsp3) is 0.629. The highest BCUT2D eigenvalue weighted by Gasteiger charge is 2.27. The third-order valence-corrected chi connectivity index (χ3v) is 14.0. The summed E-state index contributed by atoms with van der Waals surface area (Å²) in [5.41, 5.74) is 0. The summed E-state index contributed by atoms with van der Waals surface area (Å²) < 4.78 is 30.3. The van der Waals surface area contributed by atoms with Crippen molar-refractivity contribution in [2.24, 2.45) is 0 Å². The molecule has 0 rings (SSSR count). The molecule has 0 spiro atoms. The first-order valence-electron chi connectivity index (χ1n) is 31.6. The maximum Gasteiger partial charge on any atom is 0.306 e. The van der Waals surface area contributed by atoms with Gasteiger partial charge in [0, 0.05) is 12.8 Å². The van der Waals surface area contributed by atoms with E-state index in [1.165, 1.54) is 51.4 Å². The summed E-state index contributed by atoms with van der Waals surface area (Å²) in [7, 11) is 1.12. The zero-order valence-electron chi connectivity index (χ0n) is 51.7. The Morgan fingerprint density at radius 2 is 0.812 bits per heavy atom. The van der Waals surface area contributed by atoms with Gasteiger partial charge in [0.05, 0.1) is 33.8 Å². The van der Waals surface area contributed by atoms with Crippen molar-refractivity contribution in [2.45, 2.75) is 245 Å². The number of allylic oxidation sites excluding steroid dienone is 23. The molecule has 0 aromatic rings. The number of carbonyl (C=O) groups is 2. The molecule has 454 valence electrons. The molecule has 3 atom stereocenters. The number of nitrogens with one attached hydrogen (secondary N) is 1. The van der Waals surface area contributed by atoms with E-state index >= 15 is 0 Å². The van der Waals surface area contributed by atoms with Gasteiger partial charge in [0.25, 0.3) is 7.82 Å². The highest BCUT2D eigenvalue weighted by molar-refractivity contribution is 7.45. The quantitative estimate of drug-likeness (QED) is 0.0212. The van der Waals surface area contributed by atoms with Crippen molar-refractivity contribution in [3.63, 3.8) is 0 Å². The maximum absolute atomic E-state index is 13.5. The van der Waals surface area contributed by atoms with Gasteiger partial charge in [0.1, 0.15) is 19.3 Å². The lowest BCUT2D eigenvalue weighted by Gasteiger charge is -2.30. The van der Waals surface area contributed by atoms with E-state index < -0.39 is 26.6 Å². The van der Waals surface area contributed by atoms with Gasteiger partial charge < -0.3 is 28.5 Å². The highest BCUT2D eigenvalue weighted by atomic mass is 31.2. The Morgan fingerprint density at radius 1 is 0.450 bits per heavy atom. The number of amides is 1. The van der Waals surface area contributed by atoms with Crippen molar-refractivity contribution >= 4 is 19.7 Å². The van der Waals surface area contributed by atoms with Crippen molar-refractivity contribution in [3.05, 3.63) is 146 Å². The normalized spacial score (nSPS) is 14.6. The molecule has 0 radical (unpaired) electrons. The minimum absolute atomic E-state index is 0.0439. The number of esters is 1. The minimum Gasteiger partial charge on any atom is -0.756 e. The van der Waals surface area contributed by atoms with Crippen LogP contribution in [0, 0.1) is 0 Å². The van der Waals surface area contributed by atoms with Crippen LogP contribution in [0.25, 0.3) is 0 Å². The number of phosphoric acid groups is 1. The van der Waals surface area contributed by atoms with Gasteiger partial charge in [0.2, 0.25) is 5.91 Å². The Bertz CT molecular complexity index is 1880. The number of hydrogen-bond donors (Lipinski definition) is 1. The molecule has 80 heavy (non-hydrogen) atoms. The topological polar surface area (TPSA) is 114 Å². The molecule has 0 aromatic heterocycles. The zero-order valence-corrected chi connectivity index (χ0v) is 52.6. The molecule has 0 bridgehead atoms. The number of rotatable bonds is 55. The third-order valence-electron chi connectivity index (χ3n) is 13.0. The second-order valence-corrected chi connectivity index (χ2v) is 23.2. The Labute approximate surface area is 491 Å². The molecule has 0 aliphatic carbocycles. The van der Waals surface area contributed by atoms with Crippen LogP contribution < -0.4 is 10.2 Å². The predicted octanol–water partition coefficient (Wildman–Crippen LogP) is 19.2. The number of unbranched alkanes of at least 4 members (excludes halogenated alkanes) is 17. The van der Waals surface area contributed by atoms with Crippen LogP contribution in [0.5, 0.6) is 0 Å². The first kappa shape index (κ1) is 75.9. The SMILES string of the molecule is CC/C=C\C/C=C\C/C=C\C/C=C\C/C=C\C/C=C\CCCCCCCCC(=O)OC(/C=C\CCCCCCCCCCCC)C(COP(=O)([O-])OCC[N+](C)(C)C)NC(=O)CCC/C=C\C/C=C\C/C=C\C/C=C\C/C=C\CC. The Hall–Kier alpha value is -4.11. The summed E-state index contributed by atoms with van der Waals surface area (Å²) in [5.74, 6) is -0.638. The average Bonchev–Trinajstić information content (AvgIpc) is 3.42. The van der Waals surface area contributed by atoms with E-state index in [0.717, 1.165) is 135 Å². The Balaban J connectivity index is 5.32. The van der Waals surface area contributed by atoms with Gasteiger partial charge in [-0.1, -0.05) is 244 Å². The number of carbonyl (C=O) groups excluding carboxylic acids is 2. The van der Waals surface area contributed by atoms with Gasteiger partial charge in [0.15, 0.2) is 0 Å². The van der Waals surface area contributed by atoms with Crippen LogP contribution in [0.2, 0.25) is 0 Å². The number of phosphoric ester groups is 1. The van der Waals surface area contributed by atoms with Crippen molar-refractivity contribution in [3.8, 4) is 0 Å². The van der Waals surface area contributed by atoms with E-state index in [-0.39, 0.29) is 31.3 Å². The predicted molar refractivity (Wildman–Crippen MR) is 343 cm³/mol. The van der Waals surface area contributed by atoms with Crippen LogP contribution in [0.1, 0.15) is 233 Å². The molecule has 0 aromatic carbocycles. The summed E-state index contributed by atoms with van der Waals surface area (Å²) in [6.45, 7) is 6.53. The van der Waals surface area contributed by atoms with Crippen molar-refractivity contribution in [1.82, 2.24) is 5.32 Å². The van der Waals surface area contributed by atoms with E-state index in [4.69, 9.17) is 13.8 Å². The molecule has 0 saturated heterocycles. The molecule has 0 heterocycles. The van der Waals surface area contributed by atoms with Crippen LogP contribution in [0.3, 0.4) is 0 Å². The van der Waals surface area contributed by atoms with Crippen LogP contribution in [-0.4, -0.2) is 69.4 Å². The minimum atomic E-state index is -4.73. The molecule has 0 aliphatic rings. The summed E-state index contributed by atoms with van der Waals surface area (Å²) >= 11 is 0. The molecule has 0 saturated carbocycles. The van der Waals surface area contributed by atoms with E-state index in [2.05, 4.69) is 160 Å². The third kappa shape index (κ3) is 58.5. The molecular weight excluding hydrogens is 1010 g/mol. The van der Waals surface area contributed by atoms with Gasteiger partial charge in [-0.3, -0.25) is 14.2 Å². The Kier molecular flexibility index (Phi) is 55.1. The second-order valence-electron chi connectivity index (χ2n) is 21.8. The molecule has 9 nitrogen and oxygen atoms in total.